The van der Waals surface area contributed by atoms with E-state index in [2.05, 4.69) is 20.1 Å². The molecular formula is C26H24ClN7O2. The van der Waals surface area contributed by atoms with Gasteiger partial charge in [-0.05, 0) is 42.3 Å². The highest BCUT2D eigenvalue weighted by atomic mass is 35.5. The molecule has 4 aromatic heterocycles. The highest BCUT2D eigenvalue weighted by Gasteiger charge is 2.20. The molecular weight excluding hydrogens is 478 g/mol. The van der Waals surface area contributed by atoms with E-state index >= 15 is 0 Å². The number of rotatable bonds is 5. The number of anilines is 1. The topological polar surface area (TPSA) is 90.4 Å². The number of hydrogen-bond acceptors (Lipinski definition) is 7. The molecule has 1 saturated heterocycles. The predicted molar refractivity (Wildman–Crippen MR) is 138 cm³/mol. The van der Waals surface area contributed by atoms with E-state index in [0.717, 1.165) is 35.6 Å². The minimum Gasteiger partial charge on any atom is -0.378 e. The minimum absolute atomic E-state index is 0.213. The van der Waals surface area contributed by atoms with E-state index in [4.69, 9.17) is 21.3 Å². The van der Waals surface area contributed by atoms with Crippen LogP contribution in [0.3, 0.4) is 0 Å². The number of aryl methyl sites for hydroxylation is 1. The van der Waals surface area contributed by atoms with Gasteiger partial charge < -0.3 is 9.64 Å². The lowest BCUT2D eigenvalue weighted by Crippen LogP contribution is -2.36. The number of morpholine rings is 1. The third-order valence-corrected chi connectivity index (χ3v) is 6.86. The van der Waals surface area contributed by atoms with Crippen molar-refractivity contribution in [3.8, 4) is 0 Å². The maximum absolute atomic E-state index is 14.0. The molecule has 5 heterocycles. The van der Waals surface area contributed by atoms with Crippen molar-refractivity contribution >= 4 is 34.0 Å². The Morgan fingerprint density at radius 3 is 2.64 bits per heavy atom. The lowest BCUT2D eigenvalue weighted by Gasteiger charge is -2.28. The fourth-order valence-electron chi connectivity index (χ4n) is 4.62. The number of hydrogen-bond donors (Lipinski definition) is 0. The molecule has 1 aliphatic rings. The van der Waals surface area contributed by atoms with Gasteiger partial charge in [0.2, 0.25) is 0 Å². The second kappa shape index (κ2) is 9.33. The van der Waals surface area contributed by atoms with Crippen molar-refractivity contribution in [2.24, 2.45) is 0 Å². The zero-order chi connectivity index (χ0) is 24.6. The molecule has 0 atom stereocenters. The first-order valence-electron chi connectivity index (χ1n) is 11.8. The number of pyridine rings is 2. The monoisotopic (exact) mass is 501 g/mol. The van der Waals surface area contributed by atoms with Gasteiger partial charge in [0.25, 0.3) is 0 Å². The van der Waals surface area contributed by atoms with Crippen molar-refractivity contribution in [1.29, 1.82) is 0 Å². The van der Waals surface area contributed by atoms with Crippen LogP contribution in [-0.4, -0.2) is 55.4 Å². The van der Waals surface area contributed by atoms with Crippen molar-refractivity contribution < 1.29 is 4.74 Å². The quantitative estimate of drug-likeness (QED) is 0.365. The summed E-state index contributed by atoms with van der Waals surface area (Å²) in [5, 5.41) is 9.45. The van der Waals surface area contributed by atoms with Crippen LogP contribution in [0.25, 0.3) is 16.7 Å². The molecule has 5 aromatic rings. The van der Waals surface area contributed by atoms with Crippen LogP contribution < -0.4 is 10.6 Å². The van der Waals surface area contributed by atoms with Gasteiger partial charge in [-0.15, -0.1) is 10.2 Å². The fourth-order valence-corrected chi connectivity index (χ4v) is 4.75. The highest BCUT2D eigenvalue weighted by Crippen LogP contribution is 2.24. The Balaban J connectivity index is 1.55. The molecule has 0 N–H and O–H groups in total. The summed E-state index contributed by atoms with van der Waals surface area (Å²) in [7, 11) is 0. The van der Waals surface area contributed by atoms with E-state index in [0.29, 0.717) is 53.7 Å². The number of aromatic nitrogens is 6. The summed E-state index contributed by atoms with van der Waals surface area (Å²) >= 11 is 6.10. The van der Waals surface area contributed by atoms with Gasteiger partial charge in [0.1, 0.15) is 11.3 Å². The summed E-state index contributed by atoms with van der Waals surface area (Å²) in [6.45, 7) is 5.18. The number of ether oxygens (including phenoxy) is 1. The summed E-state index contributed by atoms with van der Waals surface area (Å²) < 4.78 is 8.82. The summed E-state index contributed by atoms with van der Waals surface area (Å²) in [6.07, 6.45) is 4.03. The van der Waals surface area contributed by atoms with Crippen molar-refractivity contribution in [2.75, 3.05) is 31.2 Å². The Bertz CT molecular complexity index is 1620. The van der Waals surface area contributed by atoms with Gasteiger partial charge in [0.15, 0.2) is 5.65 Å². The van der Waals surface area contributed by atoms with Gasteiger partial charge in [-0.3, -0.25) is 9.55 Å². The van der Waals surface area contributed by atoms with Crippen molar-refractivity contribution in [2.45, 2.75) is 19.9 Å². The van der Waals surface area contributed by atoms with Crippen molar-refractivity contribution in [3.05, 3.63) is 93.0 Å². The average molecular weight is 502 g/mol. The number of halogens is 1. The Kier molecular flexibility index (Phi) is 5.86. The molecule has 0 saturated carbocycles. The second-order valence-electron chi connectivity index (χ2n) is 8.86. The summed E-state index contributed by atoms with van der Waals surface area (Å²) in [5.41, 5.74) is 5.37. The van der Waals surface area contributed by atoms with Crippen LogP contribution >= 0.6 is 11.6 Å². The van der Waals surface area contributed by atoms with E-state index in [1.807, 2.05) is 55.6 Å². The van der Waals surface area contributed by atoms with Gasteiger partial charge in [-0.2, -0.15) is 0 Å². The molecule has 1 fully saturated rings. The summed E-state index contributed by atoms with van der Waals surface area (Å²) in [4.78, 5) is 25.4. The van der Waals surface area contributed by atoms with Crippen LogP contribution in [0.1, 0.15) is 22.6 Å². The average Bonchev–Trinajstić information content (AvgIpc) is 3.33. The predicted octanol–water partition coefficient (Wildman–Crippen LogP) is 3.27. The zero-order valence-electron chi connectivity index (χ0n) is 19.8. The molecule has 1 aliphatic heterocycles. The minimum atomic E-state index is -0.213. The molecule has 0 unspecified atom stereocenters. The van der Waals surface area contributed by atoms with Gasteiger partial charge in [-0.25, -0.2) is 14.2 Å². The Morgan fingerprint density at radius 1 is 1.06 bits per heavy atom. The highest BCUT2D eigenvalue weighted by molar-refractivity contribution is 6.30. The third-order valence-electron chi connectivity index (χ3n) is 6.60. The number of fused-ring (bicyclic) bond motifs is 3. The normalized spacial score (nSPS) is 14.1. The van der Waals surface area contributed by atoms with E-state index in [1.165, 1.54) is 0 Å². The lowest BCUT2D eigenvalue weighted by atomic mass is 10.1. The van der Waals surface area contributed by atoms with E-state index in [9.17, 15) is 4.79 Å². The number of benzene rings is 1. The maximum atomic E-state index is 14.0. The lowest BCUT2D eigenvalue weighted by molar-refractivity contribution is 0.122. The first kappa shape index (κ1) is 22.6. The van der Waals surface area contributed by atoms with Crippen molar-refractivity contribution in [3.63, 3.8) is 0 Å². The molecule has 9 nitrogen and oxygen atoms in total. The van der Waals surface area contributed by atoms with E-state index < -0.39 is 0 Å². The molecule has 182 valence electrons. The van der Waals surface area contributed by atoms with Crippen LogP contribution in [0.15, 0.2) is 59.7 Å². The molecule has 0 bridgehead atoms. The molecule has 0 spiro atoms. The summed E-state index contributed by atoms with van der Waals surface area (Å²) in [6, 6.07) is 13.4. The maximum Gasteiger partial charge on any atom is 0.336 e. The third kappa shape index (κ3) is 4.10. The van der Waals surface area contributed by atoms with Gasteiger partial charge in [-0.1, -0.05) is 29.8 Å². The largest absolute Gasteiger partial charge is 0.378 e. The smallest absolute Gasteiger partial charge is 0.336 e. The standard InChI is InChI=1S/C26H24ClN7O2/c1-17-19(3-2-8-28-17)13-23-30-31-25-24-22(14-21(15-29-24)32-9-11-36-12-10-32)33(26(35)34(23)25)16-18-4-6-20(27)7-5-18/h2-8,14-15H,9-13,16H2,1H3. The second-order valence-corrected chi connectivity index (χ2v) is 9.29. The Morgan fingerprint density at radius 2 is 1.86 bits per heavy atom. The molecule has 0 aliphatic carbocycles. The molecule has 0 radical (unpaired) electrons. The molecule has 1 aromatic carbocycles. The van der Waals surface area contributed by atoms with E-state index in [-0.39, 0.29) is 5.69 Å². The Hall–Kier alpha value is -3.82. The SMILES string of the molecule is Cc1ncccc1Cc1nnc2c3ncc(N4CCOCC4)cc3n(Cc3ccc(Cl)cc3)c(=O)n12. The van der Waals surface area contributed by atoms with Crippen LogP contribution in [0.2, 0.25) is 5.02 Å². The zero-order valence-corrected chi connectivity index (χ0v) is 20.5. The molecule has 0 amide bonds. The van der Waals surface area contributed by atoms with Crippen LogP contribution in [0.5, 0.6) is 0 Å². The molecule has 6 rings (SSSR count). The van der Waals surface area contributed by atoms with Crippen molar-refractivity contribution in [1.82, 2.24) is 29.1 Å². The van der Waals surface area contributed by atoms with Crippen LogP contribution in [-0.2, 0) is 17.7 Å². The number of nitrogens with zero attached hydrogens (tertiary/aromatic N) is 7. The Labute approximate surface area is 212 Å². The van der Waals surface area contributed by atoms with Crippen LogP contribution in [0, 0.1) is 6.92 Å². The molecule has 10 heteroatoms. The van der Waals surface area contributed by atoms with Gasteiger partial charge in [0.05, 0.1) is 37.2 Å². The first-order chi connectivity index (χ1) is 17.6. The fraction of sp³-hybridized carbons (Fsp3) is 0.269. The van der Waals surface area contributed by atoms with Gasteiger partial charge >= 0.3 is 5.69 Å². The first-order valence-corrected chi connectivity index (χ1v) is 12.2. The van der Waals surface area contributed by atoms with E-state index in [1.54, 1.807) is 15.2 Å². The van der Waals surface area contributed by atoms with Gasteiger partial charge in [0, 0.05) is 36.4 Å². The summed E-state index contributed by atoms with van der Waals surface area (Å²) in [5.74, 6) is 0.553. The van der Waals surface area contributed by atoms with Crippen LogP contribution in [0.4, 0.5) is 5.69 Å². The molecule has 36 heavy (non-hydrogen) atoms.